The summed E-state index contributed by atoms with van der Waals surface area (Å²) < 4.78 is 10.8. The number of carbonyl (C=O) groups excluding carboxylic acids is 3. The summed E-state index contributed by atoms with van der Waals surface area (Å²) in [6, 6.07) is 6.89. The van der Waals surface area contributed by atoms with E-state index in [1.54, 1.807) is 31.2 Å². The minimum atomic E-state index is -0.804. The van der Waals surface area contributed by atoms with Crippen molar-refractivity contribution in [1.29, 1.82) is 0 Å². The molecule has 25 heavy (non-hydrogen) atoms. The highest BCUT2D eigenvalue weighted by atomic mass is 32.2. The number of thioether (sulfide) groups is 1. The molecule has 0 bridgehead atoms. The molecule has 0 unspecified atom stereocenters. The van der Waals surface area contributed by atoms with Crippen LogP contribution in [0, 0.1) is 0 Å². The second kappa shape index (κ2) is 9.16. The topological polar surface area (TPSA) is 97.0 Å². The number of carbonyl (C=O) groups is 3. The Morgan fingerprint density at radius 3 is 2.52 bits per heavy atom. The second-order valence-electron chi connectivity index (χ2n) is 5.24. The first-order valence-corrected chi connectivity index (χ1v) is 8.88. The zero-order chi connectivity index (χ0) is 18.2. The zero-order valence-corrected chi connectivity index (χ0v) is 14.9. The van der Waals surface area contributed by atoms with Gasteiger partial charge in [-0.3, -0.25) is 25.2 Å². The molecule has 1 aromatic carbocycles. The van der Waals surface area contributed by atoms with Crippen LogP contribution in [0.4, 0.5) is 4.79 Å². The number of ether oxygens (including phenoxy) is 2. The van der Waals surface area contributed by atoms with E-state index in [0.29, 0.717) is 30.4 Å². The maximum absolute atomic E-state index is 12.0. The molecule has 0 saturated carbocycles. The summed E-state index contributed by atoms with van der Waals surface area (Å²) >= 11 is 1.17. The largest absolute Gasteiger partial charge is 0.494 e. The van der Waals surface area contributed by atoms with Crippen molar-refractivity contribution < 1.29 is 23.9 Å². The molecule has 1 heterocycles. The van der Waals surface area contributed by atoms with Gasteiger partial charge in [0.1, 0.15) is 18.0 Å². The van der Waals surface area contributed by atoms with Crippen LogP contribution in [0.25, 0.3) is 0 Å². The summed E-state index contributed by atoms with van der Waals surface area (Å²) in [5, 5.41) is -0.131. The smallest absolute Gasteiger partial charge is 0.282 e. The molecule has 136 valence electrons. The van der Waals surface area contributed by atoms with Gasteiger partial charge in [0.2, 0.25) is 0 Å². The number of nitrogens with zero attached hydrogens (tertiary/aromatic N) is 1. The van der Waals surface area contributed by atoms with Gasteiger partial charge in [0.15, 0.2) is 6.10 Å². The van der Waals surface area contributed by atoms with Gasteiger partial charge in [-0.1, -0.05) is 11.8 Å². The van der Waals surface area contributed by atoms with Gasteiger partial charge in [-0.05, 0) is 38.1 Å². The van der Waals surface area contributed by atoms with Crippen LogP contribution in [0.2, 0.25) is 0 Å². The van der Waals surface area contributed by atoms with Crippen molar-refractivity contribution in [2.45, 2.75) is 20.0 Å². The molecule has 0 aliphatic carbocycles. The number of hydrazine groups is 1. The molecule has 2 N–H and O–H groups in total. The predicted molar refractivity (Wildman–Crippen MR) is 93.4 cm³/mol. The summed E-state index contributed by atoms with van der Waals surface area (Å²) in [6.45, 7) is 4.48. The van der Waals surface area contributed by atoms with Crippen LogP contribution in [-0.2, 0) is 9.59 Å². The van der Waals surface area contributed by atoms with E-state index in [-0.39, 0.29) is 11.8 Å². The van der Waals surface area contributed by atoms with Crippen LogP contribution in [0.15, 0.2) is 24.3 Å². The molecule has 9 heteroatoms. The average Bonchev–Trinajstić information content (AvgIpc) is 2.99. The van der Waals surface area contributed by atoms with Crippen molar-refractivity contribution in [3.63, 3.8) is 0 Å². The molecule has 0 aromatic heterocycles. The number of nitrogens with one attached hydrogen (secondary N) is 2. The molecule has 1 saturated heterocycles. The first kappa shape index (κ1) is 18.9. The molecule has 0 spiro atoms. The second-order valence-corrected chi connectivity index (χ2v) is 6.28. The van der Waals surface area contributed by atoms with Gasteiger partial charge in [0.05, 0.1) is 6.61 Å². The molecule has 2 rings (SSSR count). The summed E-state index contributed by atoms with van der Waals surface area (Å²) in [5.74, 6) is 0.943. The van der Waals surface area contributed by atoms with Crippen LogP contribution in [0.1, 0.15) is 13.8 Å². The Morgan fingerprint density at radius 1 is 1.24 bits per heavy atom. The minimum Gasteiger partial charge on any atom is -0.494 e. The van der Waals surface area contributed by atoms with E-state index in [0.717, 1.165) is 0 Å². The Bertz CT molecular complexity index is 623. The molecular formula is C16H21N3O5S. The van der Waals surface area contributed by atoms with Gasteiger partial charge in [-0.25, -0.2) is 0 Å². The van der Waals surface area contributed by atoms with Crippen LogP contribution in [0.3, 0.4) is 0 Å². The van der Waals surface area contributed by atoms with Gasteiger partial charge < -0.3 is 14.4 Å². The maximum atomic E-state index is 12.0. The lowest BCUT2D eigenvalue weighted by Crippen LogP contribution is -2.50. The summed E-state index contributed by atoms with van der Waals surface area (Å²) in [5.41, 5.74) is 4.57. The van der Waals surface area contributed by atoms with Gasteiger partial charge in [0.25, 0.3) is 17.1 Å². The van der Waals surface area contributed by atoms with Gasteiger partial charge in [-0.2, -0.15) is 0 Å². The minimum absolute atomic E-state index is 0.0831. The maximum Gasteiger partial charge on any atom is 0.282 e. The van der Waals surface area contributed by atoms with Crippen LogP contribution in [-0.4, -0.2) is 53.5 Å². The highest BCUT2D eigenvalue weighted by molar-refractivity contribution is 8.13. The predicted octanol–water partition coefficient (Wildman–Crippen LogP) is 1.17. The quantitative estimate of drug-likeness (QED) is 0.702. The lowest BCUT2D eigenvalue weighted by molar-refractivity contribution is -0.132. The fourth-order valence-corrected chi connectivity index (χ4v) is 2.88. The average molecular weight is 367 g/mol. The number of amides is 3. The SMILES string of the molecule is CCOc1ccc(O[C@@H](C)C(=O)NNC(=O)CN2CCSC2=O)cc1. The van der Waals surface area contributed by atoms with E-state index in [4.69, 9.17) is 9.47 Å². The van der Waals surface area contributed by atoms with Gasteiger partial charge >= 0.3 is 0 Å². The molecule has 3 amide bonds. The summed E-state index contributed by atoms with van der Waals surface area (Å²) in [6.07, 6.45) is -0.804. The van der Waals surface area contributed by atoms with Gasteiger partial charge in [0, 0.05) is 12.3 Å². The molecule has 8 nitrogen and oxygen atoms in total. The molecule has 1 atom stereocenters. The Kier molecular flexibility index (Phi) is 6.93. The summed E-state index contributed by atoms with van der Waals surface area (Å²) in [4.78, 5) is 36.5. The highest BCUT2D eigenvalue weighted by Crippen LogP contribution is 2.18. The third-order valence-electron chi connectivity index (χ3n) is 3.32. The molecule has 0 radical (unpaired) electrons. The van der Waals surface area contributed by atoms with Crippen molar-refractivity contribution >= 4 is 28.8 Å². The third kappa shape index (κ3) is 5.86. The van der Waals surface area contributed by atoms with Crippen LogP contribution in [0.5, 0.6) is 11.5 Å². The Hall–Kier alpha value is -2.42. The monoisotopic (exact) mass is 367 g/mol. The molecular weight excluding hydrogens is 346 g/mol. The molecule has 1 aliphatic rings. The Labute approximate surface area is 150 Å². The highest BCUT2D eigenvalue weighted by Gasteiger charge is 2.23. The van der Waals surface area contributed by atoms with Crippen molar-refractivity contribution in [2.75, 3.05) is 25.4 Å². The van der Waals surface area contributed by atoms with E-state index in [9.17, 15) is 14.4 Å². The van der Waals surface area contributed by atoms with E-state index in [1.165, 1.54) is 16.7 Å². The van der Waals surface area contributed by atoms with E-state index < -0.39 is 17.9 Å². The van der Waals surface area contributed by atoms with Crippen molar-refractivity contribution in [1.82, 2.24) is 15.8 Å². The summed E-state index contributed by atoms with van der Waals surface area (Å²) in [7, 11) is 0. The van der Waals surface area contributed by atoms with Crippen molar-refractivity contribution in [3.8, 4) is 11.5 Å². The lowest BCUT2D eigenvalue weighted by Gasteiger charge is -2.17. The normalized spacial score (nSPS) is 14.8. The number of rotatable bonds is 7. The fourth-order valence-electron chi connectivity index (χ4n) is 2.05. The van der Waals surface area contributed by atoms with Crippen LogP contribution < -0.4 is 20.3 Å². The Morgan fingerprint density at radius 2 is 1.92 bits per heavy atom. The molecule has 1 aliphatic heterocycles. The first-order valence-electron chi connectivity index (χ1n) is 7.89. The van der Waals surface area contributed by atoms with E-state index in [2.05, 4.69) is 10.9 Å². The van der Waals surface area contributed by atoms with Crippen LogP contribution >= 0.6 is 11.8 Å². The van der Waals surface area contributed by atoms with Gasteiger partial charge in [-0.15, -0.1) is 0 Å². The fraction of sp³-hybridized carbons (Fsp3) is 0.438. The first-order chi connectivity index (χ1) is 12.0. The third-order valence-corrected chi connectivity index (χ3v) is 4.21. The molecule has 1 aromatic rings. The molecule has 1 fully saturated rings. The number of benzene rings is 1. The lowest BCUT2D eigenvalue weighted by atomic mass is 10.3. The Balaban J connectivity index is 1.73. The van der Waals surface area contributed by atoms with Crippen molar-refractivity contribution in [3.05, 3.63) is 24.3 Å². The number of hydrogen-bond donors (Lipinski definition) is 2. The van der Waals surface area contributed by atoms with Crippen molar-refractivity contribution in [2.24, 2.45) is 0 Å². The van der Waals surface area contributed by atoms with E-state index >= 15 is 0 Å². The van der Waals surface area contributed by atoms with E-state index in [1.807, 2.05) is 6.92 Å². The standard InChI is InChI=1S/C16H21N3O5S/c1-3-23-12-4-6-13(7-5-12)24-11(2)15(21)18-17-14(20)10-19-8-9-25-16(19)22/h4-7,11H,3,8-10H2,1-2H3,(H,17,20)(H,18,21)/t11-/m0/s1. The zero-order valence-electron chi connectivity index (χ0n) is 14.1. The number of hydrogen-bond acceptors (Lipinski definition) is 6.